The Hall–Kier alpha value is -1.43. The quantitative estimate of drug-likeness (QED) is 0.621. The number of carbonyl (C=O) groups excluding carboxylic acids is 3. The molecule has 0 bridgehead atoms. The van der Waals surface area contributed by atoms with E-state index in [-0.39, 0.29) is 24.1 Å². The summed E-state index contributed by atoms with van der Waals surface area (Å²) in [6.45, 7) is 4.26. The van der Waals surface area contributed by atoms with E-state index < -0.39 is 12.1 Å². The Kier molecular flexibility index (Phi) is 4.62. The molecule has 6 nitrogen and oxygen atoms in total. The van der Waals surface area contributed by atoms with Crippen molar-refractivity contribution in [1.82, 2.24) is 15.5 Å². The predicted molar refractivity (Wildman–Crippen MR) is 62.1 cm³/mol. The largest absolute Gasteiger partial charge is 0.355 e. The zero-order valence-corrected chi connectivity index (χ0v) is 10.4. The van der Waals surface area contributed by atoms with Crippen LogP contribution in [0, 0.1) is 0 Å². The van der Waals surface area contributed by atoms with Gasteiger partial charge in [0.2, 0.25) is 17.7 Å². The van der Waals surface area contributed by atoms with Gasteiger partial charge in [-0.05, 0) is 13.3 Å². The molecular formula is C11H19N3O3. The maximum Gasteiger partial charge on any atom is 0.246 e. The number of likely N-dealkylation sites (tertiary alicyclic amines) is 1. The van der Waals surface area contributed by atoms with E-state index in [1.807, 2.05) is 6.92 Å². The van der Waals surface area contributed by atoms with E-state index in [4.69, 9.17) is 0 Å². The molecule has 1 aliphatic rings. The van der Waals surface area contributed by atoms with Gasteiger partial charge in [0.05, 0.1) is 18.5 Å². The lowest BCUT2D eigenvalue weighted by molar-refractivity contribution is -0.137. The van der Waals surface area contributed by atoms with E-state index in [0.717, 1.165) is 11.3 Å². The summed E-state index contributed by atoms with van der Waals surface area (Å²) in [5.74, 6) is -0.638. The molecule has 1 rings (SSSR count). The van der Waals surface area contributed by atoms with Crippen LogP contribution in [0.2, 0.25) is 0 Å². The van der Waals surface area contributed by atoms with Crippen LogP contribution >= 0.6 is 0 Å². The summed E-state index contributed by atoms with van der Waals surface area (Å²) in [4.78, 5) is 35.5. The minimum atomic E-state index is -0.574. The third-order valence-electron chi connectivity index (χ3n) is 2.78. The van der Waals surface area contributed by atoms with Gasteiger partial charge in [0.25, 0.3) is 0 Å². The fourth-order valence-corrected chi connectivity index (χ4v) is 1.66. The number of nitrogens with zero attached hydrogens (tertiary/aromatic N) is 1. The minimum Gasteiger partial charge on any atom is -0.355 e. The predicted octanol–water partition coefficient (Wildman–Crippen LogP) is -0.752. The van der Waals surface area contributed by atoms with Gasteiger partial charge in [0.15, 0.2) is 0 Å². The van der Waals surface area contributed by atoms with Crippen LogP contribution in [0.1, 0.15) is 26.7 Å². The highest BCUT2D eigenvalue weighted by Gasteiger charge is 2.37. The molecule has 0 saturated carbocycles. The zero-order chi connectivity index (χ0) is 13.0. The van der Waals surface area contributed by atoms with Crippen LogP contribution in [0.4, 0.5) is 0 Å². The van der Waals surface area contributed by atoms with Gasteiger partial charge in [0.1, 0.15) is 0 Å². The molecule has 0 aliphatic carbocycles. The number of amides is 3. The summed E-state index contributed by atoms with van der Waals surface area (Å²) >= 11 is 0. The van der Waals surface area contributed by atoms with Gasteiger partial charge in [-0.1, -0.05) is 6.92 Å². The molecule has 0 aromatic carbocycles. The average Bonchev–Trinajstić information content (AvgIpc) is 2.54. The second-order valence-corrected chi connectivity index (χ2v) is 4.23. The third kappa shape index (κ3) is 3.26. The van der Waals surface area contributed by atoms with Gasteiger partial charge in [0, 0.05) is 13.6 Å². The van der Waals surface area contributed by atoms with Gasteiger partial charge < -0.3 is 5.32 Å². The Morgan fingerprint density at radius 1 is 1.53 bits per heavy atom. The minimum absolute atomic E-state index is 0.126. The Labute approximate surface area is 101 Å². The van der Waals surface area contributed by atoms with Crippen LogP contribution in [0.5, 0.6) is 0 Å². The smallest absolute Gasteiger partial charge is 0.246 e. The first-order valence-corrected chi connectivity index (χ1v) is 5.81. The van der Waals surface area contributed by atoms with Crippen molar-refractivity contribution >= 4 is 17.7 Å². The van der Waals surface area contributed by atoms with Crippen LogP contribution in [-0.2, 0) is 14.4 Å². The van der Waals surface area contributed by atoms with Gasteiger partial charge in [-0.25, -0.2) is 0 Å². The molecular weight excluding hydrogens is 222 g/mol. The van der Waals surface area contributed by atoms with E-state index in [9.17, 15) is 14.4 Å². The van der Waals surface area contributed by atoms with Crippen LogP contribution in [-0.4, -0.2) is 48.3 Å². The van der Waals surface area contributed by atoms with E-state index in [1.165, 1.54) is 7.05 Å². The standard InChI is InChI=1S/C11H19N3O3/c1-4-5-12-10(16)7(2)13-8-6-9(15)14(3)11(8)17/h7-8,13H,4-6H2,1-3H3,(H,12,16). The summed E-state index contributed by atoms with van der Waals surface area (Å²) in [6.07, 6.45) is 0.989. The molecule has 1 aliphatic heterocycles. The molecule has 2 atom stereocenters. The first-order valence-electron chi connectivity index (χ1n) is 5.81. The summed E-state index contributed by atoms with van der Waals surface area (Å²) in [6, 6.07) is -1.05. The Bertz CT molecular complexity index is 330. The molecule has 1 heterocycles. The Balaban J connectivity index is 2.46. The average molecular weight is 241 g/mol. The van der Waals surface area contributed by atoms with Crippen molar-refractivity contribution in [3.05, 3.63) is 0 Å². The van der Waals surface area contributed by atoms with Crippen LogP contribution in [0.3, 0.4) is 0 Å². The highest BCUT2D eigenvalue weighted by atomic mass is 16.2. The van der Waals surface area contributed by atoms with Gasteiger partial charge in [-0.2, -0.15) is 0 Å². The van der Waals surface area contributed by atoms with Crippen molar-refractivity contribution < 1.29 is 14.4 Å². The van der Waals surface area contributed by atoms with E-state index in [0.29, 0.717) is 6.54 Å². The number of rotatable bonds is 5. The normalized spacial score (nSPS) is 21.8. The number of hydrogen-bond donors (Lipinski definition) is 2. The summed E-state index contributed by atoms with van der Waals surface area (Å²) in [5, 5.41) is 5.61. The fraction of sp³-hybridized carbons (Fsp3) is 0.727. The highest BCUT2D eigenvalue weighted by Crippen LogP contribution is 2.11. The number of nitrogens with one attached hydrogen (secondary N) is 2. The summed E-state index contributed by atoms with van der Waals surface area (Å²) in [5.41, 5.74) is 0. The molecule has 17 heavy (non-hydrogen) atoms. The molecule has 0 radical (unpaired) electrons. The van der Waals surface area contributed by atoms with E-state index in [2.05, 4.69) is 10.6 Å². The molecule has 2 N–H and O–H groups in total. The second-order valence-electron chi connectivity index (χ2n) is 4.23. The Morgan fingerprint density at radius 2 is 2.18 bits per heavy atom. The van der Waals surface area contributed by atoms with E-state index >= 15 is 0 Å². The lowest BCUT2D eigenvalue weighted by atomic mass is 10.2. The van der Waals surface area contributed by atoms with Crippen molar-refractivity contribution in [2.75, 3.05) is 13.6 Å². The maximum absolute atomic E-state index is 11.6. The van der Waals surface area contributed by atoms with Crippen LogP contribution < -0.4 is 10.6 Å². The van der Waals surface area contributed by atoms with Gasteiger partial charge in [-0.15, -0.1) is 0 Å². The van der Waals surface area contributed by atoms with Gasteiger partial charge >= 0.3 is 0 Å². The molecule has 6 heteroatoms. The Morgan fingerprint density at radius 3 is 2.65 bits per heavy atom. The maximum atomic E-state index is 11.6. The number of likely N-dealkylation sites (N-methyl/N-ethyl adjacent to an activating group) is 1. The molecule has 0 spiro atoms. The summed E-state index contributed by atoms with van der Waals surface area (Å²) < 4.78 is 0. The van der Waals surface area contributed by atoms with E-state index in [1.54, 1.807) is 6.92 Å². The first kappa shape index (κ1) is 13.6. The number of hydrogen-bond acceptors (Lipinski definition) is 4. The molecule has 0 aromatic heterocycles. The first-order chi connectivity index (χ1) is 7.97. The number of carbonyl (C=O) groups is 3. The molecule has 2 unspecified atom stereocenters. The lowest BCUT2D eigenvalue weighted by Gasteiger charge is -2.17. The van der Waals surface area contributed by atoms with Gasteiger partial charge in [-0.3, -0.25) is 24.6 Å². The fourth-order valence-electron chi connectivity index (χ4n) is 1.66. The van der Waals surface area contributed by atoms with Crippen molar-refractivity contribution in [1.29, 1.82) is 0 Å². The summed E-state index contributed by atoms with van der Waals surface area (Å²) in [7, 11) is 1.45. The lowest BCUT2D eigenvalue weighted by Crippen LogP contribution is -2.49. The van der Waals surface area contributed by atoms with Crippen molar-refractivity contribution in [3.63, 3.8) is 0 Å². The molecule has 0 aromatic rings. The van der Waals surface area contributed by atoms with Crippen LogP contribution in [0.25, 0.3) is 0 Å². The zero-order valence-electron chi connectivity index (χ0n) is 10.4. The second kappa shape index (κ2) is 5.77. The molecule has 3 amide bonds. The highest BCUT2D eigenvalue weighted by molar-refractivity contribution is 6.05. The van der Waals surface area contributed by atoms with Crippen molar-refractivity contribution in [2.45, 2.75) is 38.8 Å². The third-order valence-corrected chi connectivity index (χ3v) is 2.78. The molecule has 1 saturated heterocycles. The molecule has 1 fully saturated rings. The SMILES string of the molecule is CCCNC(=O)C(C)NC1CC(=O)N(C)C1=O. The monoisotopic (exact) mass is 241 g/mol. The number of imide groups is 1. The van der Waals surface area contributed by atoms with Crippen molar-refractivity contribution in [2.24, 2.45) is 0 Å². The van der Waals surface area contributed by atoms with Crippen LogP contribution in [0.15, 0.2) is 0 Å². The molecule has 96 valence electrons. The topological polar surface area (TPSA) is 78.5 Å². The van der Waals surface area contributed by atoms with Crippen molar-refractivity contribution in [3.8, 4) is 0 Å².